The van der Waals surface area contributed by atoms with Gasteiger partial charge in [-0.15, -0.1) is 0 Å². The Balaban J connectivity index is 1.86. The number of rotatable bonds is 3. The third-order valence-electron chi connectivity index (χ3n) is 3.10. The average molecular weight is 228 g/mol. The first-order chi connectivity index (χ1) is 7.66. The van der Waals surface area contributed by atoms with Crippen molar-refractivity contribution in [2.24, 2.45) is 0 Å². The van der Waals surface area contributed by atoms with E-state index in [0.29, 0.717) is 25.7 Å². The van der Waals surface area contributed by atoms with Crippen molar-refractivity contribution < 1.29 is 19.4 Å². The number of carboxylic acids is 1. The lowest BCUT2D eigenvalue weighted by Gasteiger charge is -2.36. The minimum atomic E-state index is -0.953. The van der Waals surface area contributed by atoms with E-state index in [2.05, 4.69) is 4.90 Å². The molecule has 0 aromatic carbocycles. The zero-order chi connectivity index (χ0) is 11.5. The summed E-state index contributed by atoms with van der Waals surface area (Å²) in [6, 6.07) is 0.330. The molecule has 0 aromatic heterocycles. The second-order valence-corrected chi connectivity index (χ2v) is 4.20. The maximum Gasteiger partial charge on any atom is 0.323 e. The molecule has 1 amide bonds. The summed E-state index contributed by atoms with van der Waals surface area (Å²) >= 11 is 0. The lowest BCUT2D eigenvalue weighted by Crippen LogP contribution is -2.54. The van der Waals surface area contributed by atoms with Gasteiger partial charge < -0.3 is 14.7 Å². The fourth-order valence-electron chi connectivity index (χ4n) is 2.18. The highest BCUT2D eigenvalue weighted by atomic mass is 16.5. The van der Waals surface area contributed by atoms with Crippen LogP contribution in [0.1, 0.15) is 6.42 Å². The third kappa shape index (κ3) is 2.51. The summed E-state index contributed by atoms with van der Waals surface area (Å²) in [5.74, 6) is -1.05. The lowest BCUT2D eigenvalue weighted by molar-refractivity contribution is -0.147. The molecule has 90 valence electrons. The molecule has 0 radical (unpaired) electrons. The Morgan fingerprint density at radius 3 is 2.88 bits per heavy atom. The Hall–Kier alpha value is -1.14. The molecule has 1 N–H and O–H groups in total. The van der Waals surface area contributed by atoms with Crippen LogP contribution >= 0.6 is 0 Å². The van der Waals surface area contributed by atoms with Crippen molar-refractivity contribution in [2.75, 3.05) is 39.4 Å². The molecule has 0 bridgehead atoms. The third-order valence-corrected chi connectivity index (χ3v) is 3.10. The van der Waals surface area contributed by atoms with Crippen LogP contribution in [0.3, 0.4) is 0 Å². The fourth-order valence-corrected chi connectivity index (χ4v) is 2.18. The van der Waals surface area contributed by atoms with Crippen LogP contribution < -0.4 is 0 Å². The molecule has 2 fully saturated rings. The van der Waals surface area contributed by atoms with Gasteiger partial charge in [-0.05, 0) is 6.42 Å². The van der Waals surface area contributed by atoms with Crippen molar-refractivity contribution >= 4 is 11.9 Å². The SMILES string of the molecule is O=C(O)CN1CCN(C2CCOC2)CC1=O. The molecule has 2 aliphatic heterocycles. The standard InChI is InChI=1S/C10H16N2O4/c13-9-5-11(8-1-4-16-7-8)2-3-12(9)6-10(14)15/h8H,1-7H2,(H,14,15). The van der Waals surface area contributed by atoms with E-state index in [0.717, 1.165) is 19.6 Å². The van der Waals surface area contributed by atoms with E-state index in [1.165, 1.54) is 4.90 Å². The second kappa shape index (κ2) is 4.80. The zero-order valence-corrected chi connectivity index (χ0v) is 9.09. The van der Waals surface area contributed by atoms with Crippen molar-refractivity contribution in [3.8, 4) is 0 Å². The Labute approximate surface area is 93.8 Å². The second-order valence-electron chi connectivity index (χ2n) is 4.20. The number of hydrogen-bond donors (Lipinski definition) is 1. The molecule has 0 spiro atoms. The zero-order valence-electron chi connectivity index (χ0n) is 9.09. The van der Waals surface area contributed by atoms with Gasteiger partial charge in [0.25, 0.3) is 0 Å². The van der Waals surface area contributed by atoms with Crippen LogP contribution in [-0.2, 0) is 14.3 Å². The van der Waals surface area contributed by atoms with Crippen LogP contribution in [0.2, 0.25) is 0 Å². The number of carbonyl (C=O) groups is 2. The number of ether oxygens (including phenoxy) is 1. The Morgan fingerprint density at radius 1 is 1.50 bits per heavy atom. The Kier molecular flexibility index (Phi) is 3.40. The molecule has 2 saturated heterocycles. The minimum Gasteiger partial charge on any atom is -0.480 e. The smallest absolute Gasteiger partial charge is 0.323 e. The topological polar surface area (TPSA) is 70.1 Å². The van der Waals surface area contributed by atoms with E-state index in [4.69, 9.17) is 9.84 Å². The highest BCUT2D eigenvalue weighted by Crippen LogP contribution is 2.15. The van der Waals surface area contributed by atoms with Gasteiger partial charge in [-0.1, -0.05) is 0 Å². The maximum atomic E-state index is 11.7. The molecule has 2 rings (SSSR count). The van der Waals surface area contributed by atoms with Crippen molar-refractivity contribution in [3.05, 3.63) is 0 Å². The maximum absolute atomic E-state index is 11.7. The molecule has 16 heavy (non-hydrogen) atoms. The van der Waals surface area contributed by atoms with Crippen LogP contribution in [0.15, 0.2) is 0 Å². The van der Waals surface area contributed by atoms with E-state index in [1.807, 2.05) is 0 Å². The van der Waals surface area contributed by atoms with Crippen LogP contribution in [0.25, 0.3) is 0 Å². The first-order valence-corrected chi connectivity index (χ1v) is 5.48. The summed E-state index contributed by atoms with van der Waals surface area (Å²) in [6.07, 6.45) is 0.964. The molecule has 6 nitrogen and oxygen atoms in total. The summed E-state index contributed by atoms with van der Waals surface area (Å²) in [6.45, 7) is 2.82. The van der Waals surface area contributed by atoms with E-state index >= 15 is 0 Å². The summed E-state index contributed by atoms with van der Waals surface area (Å²) in [7, 11) is 0. The normalized spacial score (nSPS) is 27.4. The first-order valence-electron chi connectivity index (χ1n) is 5.48. The van der Waals surface area contributed by atoms with E-state index in [-0.39, 0.29) is 12.5 Å². The summed E-state index contributed by atoms with van der Waals surface area (Å²) in [5.41, 5.74) is 0. The molecule has 0 aliphatic carbocycles. The van der Waals surface area contributed by atoms with Crippen LogP contribution in [0.5, 0.6) is 0 Å². The molecular formula is C10H16N2O4. The monoisotopic (exact) mass is 228 g/mol. The van der Waals surface area contributed by atoms with Crippen molar-refractivity contribution in [3.63, 3.8) is 0 Å². The van der Waals surface area contributed by atoms with Crippen LogP contribution in [0.4, 0.5) is 0 Å². The van der Waals surface area contributed by atoms with E-state index < -0.39 is 5.97 Å². The summed E-state index contributed by atoms with van der Waals surface area (Å²) in [4.78, 5) is 25.7. The predicted octanol–water partition coefficient (Wildman–Crippen LogP) is -0.996. The minimum absolute atomic E-state index is 0.0967. The van der Waals surface area contributed by atoms with Gasteiger partial charge >= 0.3 is 5.97 Å². The van der Waals surface area contributed by atoms with Gasteiger partial charge in [0.1, 0.15) is 6.54 Å². The summed E-state index contributed by atoms with van der Waals surface area (Å²) in [5, 5.41) is 8.63. The number of amides is 1. The molecule has 0 aromatic rings. The van der Waals surface area contributed by atoms with Crippen molar-refractivity contribution in [1.29, 1.82) is 0 Å². The molecule has 6 heteroatoms. The average Bonchev–Trinajstić information content (AvgIpc) is 2.73. The molecule has 1 unspecified atom stereocenters. The lowest BCUT2D eigenvalue weighted by atomic mass is 10.2. The molecule has 1 atom stereocenters. The number of aliphatic carboxylic acids is 1. The summed E-state index contributed by atoms with van der Waals surface area (Å²) < 4.78 is 5.28. The quantitative estimate of drug-likeness (QED) is 0.671. The van der Waals surface area contributed by atoms with Crippen molar-refractivity contribution in [1.82, 2.24) is 9.80 Å². The number of hydrogen-bond acceptors (Lipinski definition) is 4. The van der Waals surface area contributed by atoms with Crippen LogP contribution in [-0.4, -0.2) is 72.2 Å². The fraction of sp³-hybridized carbons (Fsp3) is 0.800. The molecule has 0 saturated carbocycles. The highest BCUT2D eigenvalue weighted by Gasteiger charge is 2.31. The Morgan fingerprint density at radius 2 is 2.31 bits per heavy atom. The van der Waals surface area contributed by atoms with Gasteiger partial charge in [0.05, 0.1) is 13.2 Å². The predicted molar refractivity (Wildman–Crippen MR) is 55.0 cm³/mol. The van der Waals surface area contributed by atoms with Crippen molar-refractivity contribution in [2.45, 2.75) is 12.5 Å². The molecule has 2 heterocycles. The number of carbonyl (C=O) groups excluding carboxylic acids is 1. The number of nitrogens with zero attached hydrogens (tertiary/aromatic N) is 2. The molecular weight excluding hydrogens is 212 g/mol. The Bertz CT molecular complexity index is 289. The first kappa shape index (κ1) is 11.3. The van der Waals surface area contributed by atoms with Gasteiger partial charge in [-0.3, -0.25) is 14.5 Å². The number of piperazine rings is 1. The van der Waals surface area contributed by atoms with E-state index in [1.54, 1.807) is 0 Å². The number of carboxylic acid groups (broad SMARTS) is 1. The van der Waals surface area contributed by atoms with Gasteiger partial charge in [0.2, 0.25) is 5.91 Å². The van der Waals surface area contributed by atoms with Crippen LogP contribution in [0, 0.1) is 0 Å². The molecule has 2 aliphatic rings. The van der Waals surface area contributed by atoms with E-state index in [9.17, 15) is 9.59 Å². The van der Waals surface area contributed by atoms with Gasteiger partial charge in [0.15, 0.2) is 0 Å². The largest absolute Gasteiger partial charge is 0.480 e. The van der Waals surface area contributed by atoms with Gasteiger partial charge in [0, 0.05) is 25.7 Å². The van der Waals surface area contributed by atoms with Gasteiger partial charge in [-0.25, -0.2) is 0 Å². The van der Waals surface area contributed by atoms with Gasteiger partial charge in [-0.2, -0.15) is 0 Å². The highest BCUT2D eigenvalue weighted by molar-refractivity contribution is 5.83.